The third kappa shape index (κ3) is 6.00. The number of hydrogen-bond acceptors (Lipinski definition) is 1. The highest BCUT2D eigenvalue weighted by Gasteiger charge is 2.07. The van der Waals surface area contributed by atoms with Gasteiger partial charge in [0.1, 0.15) is 5.82 Å². The number of Topliss-reactive ketones (excluding diaryl/α,β-unsaturated/α-hetero) is 1. The zero-order valence-corrected chi connectivity index (χ0v) is 12.2. The number of unbranched alkanes of at least 4 members (excludes halogenated alkanes) is 6. The molecule has 0 saturated carbocycles. The Morgan fingerprint density at radius 3 is 2.32 bits per heavy atom. The molecule has 1 nitrogen and oxygen atoms in total. The minimum atomic E-state index is -0.287. The zero-order chi connectivity index (χ0) is 14.1. The number of carbonyl (C=O) groups is 1. The third-order valence-electron chi connectivity index (χ3n) is 3.50. The van der Waals surface area contributed by atoms with Crippen molar-refractivity contribution < 1.29 is 9.18 Å². The molecule has 0 aromatic heterocycles. The van der Waals surface area contributed by atoms with Crippen molar-refractivity contribution >= 4 is 5.78 Å². The number of hydrogen-bond donors (Lipinski definition) is 0. The first-order chi connectivity index (χ1) is 9.15. The first kappa shape index (κ1) is 15.9. The predicted molar refractivity (Wildman–Crippen MR) is 78.1 cm³/mol. The molecule has 106 valence electrons. The van der Waals surface area contributed by atoms with E-state index in [4.69, 9.17) is 0 Å². The lowest BCUT2D eigenvalue weighted by atomic mass is 10.0. The highest BCUT2D eigenvalue weighted by Crippen LogP contribution is 2.14. The van der Waals surface area contributed by atoms with Gasteiger partial charge in [-0.05, 0) is 25.0 Å². The second-order valence-electron chi connectivity index (χ2n) is 5.26. The number of aryl methyl sites for hydroxylation is 1. The largest absolute Gasteiger partial charge is 0.294 e. The van der Waals surface area contributed by atoms with Crippen LogP contribution in [0.4, 0.5) is 4.39 Å². The van der Waals surface area contributed by atoms with Crippen LogP contribution >= 0.6 is 0 Å². The molecule has 0 saturated heterocycles. The minimum Gasteiger partial charge on any atom is -0.294 e. The van der Waals surface area contributed by atoms with E-state index in [9.17, 15) is 9.18 Å². The second kappa shape index (κ2) is 8.84. The number of benzene rings is 1. The molecule has 0 fully saturated rings. The van der Waals surface area contributed by atoms with Gasteiger partial charge in [0.05, 0.1) is 0 Å². The highest BCUT2D eigenvalue weighted by atomic mass is 19.1. The van der Waals surface area contributed by atoms with Crippen LogP contribution < -0.4 is 0 Å². The first-order valence-corrected chi connectivity index (χ1v) is 7.44. The molecule has 1 rings (SSSR count). The van der Waals surface area contributed by atoms with Crippen LogP contribution in [-0.2, 0) is 0 Å². The summed E-state index contributed by atoms with van der Waals surface area (Å²) in [5.41, 5.74) is 1.10. The highest BCUT2D eigenvalue weighted by molar-refractivity contribution is 5.96. The van der Waals surface area contributed by atoms with E-state index in [-0.39, 0.29) is 11.6 Å². The molecule has 0 bridgehead atoms. The number of rotatable bonds is 9. The minimum absolute atomic E-state index is 0.0625. The summed E-state index contributed by atoms with van der Waals surface area (Å²) in [5.74, 6) is -0.224. The lowest BCUT2D eigenvalue weighted by Crippen LogP contribution is -2.00. The maximum atomic E-state index is 13.3. The van der Waals surface area contributed by atoms with Gasteiger partial charge in [0.2, 0.25) is 0 Å². The molecular formula is C17H25FO. The second-order valence-corrected chi connectivity index (χ2v) is 5.26. The molecule has 2 heteroatoms. The zero-order valence-electron chi connectivity index (χ0n) is 12.2. The smallest absolute Gasteiger partial charge is 0.162 e. The van der Waals surface area contributed by atoms with Crippen molar-refractivity contribution in [1.82, 2.24) is 0 Å². The molecule has 1 aromatic rings. The van der Waals surface area contributed by atoms with Gasteiger partial charge in [0.15, 0.2) is 5.78 Å². The van der Waals surface area contributed by atoms with Crippen LogP contribution in [0.5, 0.6) is 0 Å². The van der Waals surface area contributed by atoms with Crippen molar-refractivity contribution in [3.63, 3.8) is 0 Å². The Morgan fingerprint density at radius 1 is 1.05 bits per heavy atom. The van der Waals surface area contributed by atoms with E-state index in [2.05, 4.69) is 6.92 Å². The lowest BCUT2D eigenvalue weighted by Gasteiger charge is -2.03. The van der Waals surface area contributed by atoms with Gasteiger partial charge in [-0.15, -0.1) is 0 Å². The Bertz CT molecular complexity index is 398. The Morgan fingerprint density at radius 2 is 1.68 bits per heavy atom. The van der Waals surface area contributed by atoms with E-state index in [1.165, 1.54) is 38.2 Å². The van der Waals surface area contributed by atoms with Gasteiger partial charge in [-0.25, -0.2) is 4.39 Å². The fraction of sp³-hybridized carbons (Fsp3) is 0.588. The van der Waals surface area contributed by atoms with E-state index >= 15 is 0 Å². The Labute approximate surface area is 116 Å². The fourth-order valence-electron chi connectivity index (χ4n) is 2.15. The van der Waals surface area contributed by atoms with Crippen LogP contribution in [0.3, 0.4) is 0 Å². The standard InChI is InChI=1S/C17H25FO/c1-3-4-5-6-7-8-9-10-17(19)15-12-11-14(2)16(18)13-15/h11-13H,3-10H2,1-2H3. The first-order valence-electron chi connectivity index (χ1n) is 7.44. The molecule has 0 atom stereocenters. The Hall–Kier alpha value is -1.18. The van der Waals surface area contributed by atoms with Crippen molar-refractivity contribution in [2.24, 2.45) is 0 Å². The predicted octanol–water partition coefficient (Wildman–Crippen LogP) is 5.46. The molecule has 19 heavy (non-hydrogen) atoms. The van der Waals surface area contributed by atoms with Crippen molar-refractivity contribution in [3.8, 4) is 0 Å². The van der Waals surface area contributed by atoms with E-state index < -0.39 is 0 Å². The molecule has 0 radical (unpaired) electrons. The Balaban J connectivity index is 2.22. The number of ketones is 1. The van der Waals surface area contributed by atoms with Gasteiger partial charge < -0.3 is 0 Å². The molecule has 0 aliphatic rings. The van der Waals surface area contributed by atoms with Crippen molar-refractivity contribution in [2.45, 2.75) is 65.2 Å². The van der Waals surface area contributed by atoms with Crippen LogP contribution in [0.2, 0.25) is 0 Å². The van der Waals surface area contributed by atoms with Gasteiger partial charge >= 0.3 is 0 Å². The normalized spacial score (nSPS) is 10.7. The molecule has 0 aliphatic carbocycles. The van der Waals surface area contributed by atoms with E-state index in [1.807, 2.05) is 0 Å². The summed E-state index contributed by atoms with van der Waals surface area (Å²) in [4.78, 5) is 11.9. The van der Waals surface area contributed by atoms with Gasteiger partial charge in [-0.2, -0.15) is 0 Å². The average Bonchev–Trinajstić information content (AvgIpc) is 2.40. The van der Waals surface area contributed by atoms with Crippen LogP contribution in [0.1, 0.15) is 74.2 Å². The summed E-state index contributed by atoms with van der Waals surface area (Å²) in [6.45, 7) is 3.92. The van der Waals surface area contributed by atoms with Crippen molar-refractivity contribution in [2.75, 3.05) is 0 Å². The summed E-state index contributed by atoms with van der Waals surface area (Å²) in [7, 11) is 0. The molecule has 1 aromatic carbocycles. The number of carbonyl (C=O) groups excluding carboxylic acids is 1. The van der Waals surface area contributed by atoms with Crippen molar-refractivity contribution in [3.05, 3.63) is 35.1 Å². The van der Waals surface area contributed by atoms with Crippen LogP contribution in [0.15, 0.2) is 18.2 Å². The average molecular weight is 264 g/mol. The summed E-state index contributed by atoms with van der Waals surface area (Å²) in [6.07, 6.45) is 8.89. The van der Waals surface area contributed by atoms with Gasteiger partial charge in [-0.1, -0.05) is 57.6 Å². The van der Waals surface area contributed by atoms with Gasteiger partial charge in [0.25, 0.3) is 0 Å². The molecular weight excluding hydrogens is 239 g/mol. The van der Waals surface area contributed by atoms with E-state index in [0.29, 0.717) is 17.5 Å². The van der Waals surface area contributed by atoms with E-state index in [0.717, 1.165) is 12.8 Å². The maximum absolute atomic E-state index is 13.3. The van der Waals surface area contributed by atoms with Crippen LogP contribution in [0.25, 0.3) is 0 Å². The van der Waals surface area contributed by atoms with Gasteiger partial charge in [-0.3, -0.25) is 4.79 Å². The van der Waals surface area contributed by atoms with Crippen LogP contribution in [0, 0.1) is 12.7 Å². The maximum Gasteiger partial charge on any atom is 0.162 e. The van der Waals surface area contributed by atoms with Gasteiger partial charge in [0, 0.05) is 12.0 Å². The lowest BCUT2D eigenvalue weighted by molar-refractivity contribution is 0.0978. The van der Waals surface area contributed by atoms with Crippen molar-refractivity contribution in [1.29, 1.82) is 0 Å². The summed E-state index contributed by atoms with van der Waals surface area (Å²) >= 11 is 0. The SMILES string of the molecule is CCCCCCCCCC(=O)c1ccc(C)c(F)c1. The molecule has 0 unspecified atom stereocenters. The summed E-state index contributed by atoms with van der Waals surface area (Å²) in [6, 6.07) is 4.76. The summed E-state index contributed by atoms with van der Waals surface area (Å²) in [5, 5.41) is 0. The molecule has 0 heterocycles. The molecule has 0 aliphatic heterocycles. The molecule has 0 spiro atoms. The molecule has 0 amide bonds. The monoisotopic (exact) mass is 264 g/mol. The number of halogens is 1. The Kier molecular flexibility index (Phi) is 7.39. The summed E-state index contributed by atoms with van der Waals surface area (Å²) < 4.78 is 13.3. The van der Waals surface area contributed by atoms with E-state index in [1.54, 1.807) is 19.1 Å². The third-order valence-corrected chi connectivity index (χ3v) is 3.50. The molecule has 0 N–H and O–H groups in total. The quantitative estimate of drug-likeness (QED) is 0.427. The fourth-order valence-corrected chi connectivity index (χ4v) is 2.15. The topological polar surface area (TPSA) is 17.1 Å². The van der Waals surface area contributed by atoms with Crippen LogP contribution in [-0.4, -0.2) is 5.78 Å².